The lowest BCUT2D eigenvalue weighted by Gasteiger charge is -2.15. The van der Waals surface area contributed by atoms with Crippen LogP contribution in [-0.4, -0.2) is 32.3 Å². The van der Waals surface area contributed by atoms with Gasteiger partial charge in [-0.2, -0.15) is 0 Å². The number of amides is 2. The number of thiophene rings is 1. The smallest absolute Gasteiger partial charge is 0.230 e. The number of carbonyl (C=O) groups is 2. The lowest BCUT2D eigenvalue weighted by Crippen LogP contribution is -2.28. The average molecular weight is 466 g/mol. The van der Waals surface area contributed by atoms with Gasteiger partial charge in [0, 0.05) is 13.0 Å². The first-order chi connectivity index (χ1) is 15.5. The van der Waals surface area contributed by atoms with Crippen molar-refractivity contribution < 1.29 is 9.59 Å². The van der Waals surface area contributed by atoms with Crippen LogP contribution in [0.5, 0.6) is 0 Å². The number of nitrogens with two attached hydrogens (primary N) is 1. The van der Waals surface area contributed by atoms with Crippen LogP contribution in [0, 0.1) is 0 Å². The van der Waals surface area contributed by atoms with E-state index in [0.29, 0.717) is 17.5 Å². The van der Waals surface area contributed by atoms with Crippen molar-refractivity contribution in [3.05, 3.63) is 65.5 Å². The summed E-state index contributed by atoms with van der Waals surface area (Å²) in [5.41, 5.74) is 6.38. The maximum absolute atomic E-state index is 12.6. The Hall–Kier alpha value is -3.17. The monoisotopic (exact) mass is 465 g/mol. The Kier molecular flexibility index (Phi) is 6.87. The predicted octanol–water partition coefficient (Wildman–Crippen LogP) is 4.00. The Morgan fingerprint density at radius 3 is 2.69 bits per heavy atom. The summed E-state index contributed by atoms with van der Waals surface area (Å²) in [6, 6.07) is 18.1. The van der Waals surface area contributed by atoms with Crippen molar-refractivity contribution in [2.75, 3.05) is 5.75 Å². The number of thioether (sulfide) groups is 1. The number of aromatic nitrogens is 3. The van der Waals surface area contributed by atoms with Gasteiger partial charge in [0.15, 0.2) is 11.0 Å². The summed E-state index contributed by atoms with van der Waals surface area (Å²) in [7, 11) is 0. The van der Waals surface area contributed by atoms with Crippen molar-refractivity contribution in [3.8, 4) is 10.7 Å². The minimum Gasteiger partial charge on any atom is -0.370 e. The van der Waals surface area contributed by atoms with Crippen LogP contribution >= 0.6 is 23.1 Å². The van der Waals surface area contributed by atoms with Gasteiger partial charge >= 0.3 is 0 Å². The molecule has 3 N–H and O–H groups in total. The fourth-order valence-corrected chi connectivity index (χ4v) is 4.87. The molecule has 1 unspecified atom stereocenters. The van der Waals surface area contributed by atoms with Crippen molar-refractivity contribution >= 4 is 45.7 Å². The molecule has 7 nitrogen and oxygen atoms in total. The van der Waals surface area contributed by atoms with Crippen molar-refractivity contribution in [2.24, 2.45) is 5.73 Å². The second kappa shape index (κ2) is 9.97. The predicted molar refractivity (Wildman–Crippen MR) is 128 cm³/mol. The summed E-state index contributed by atoms with van der Waals surface area (Å²) in [5.74, 6) is 0.372. The third-order valence-corrected chi connectivity index (χ3v) is 6.86. The van der Waals surface area contributed by atoms with Crippen molar-refractivity contribution in [2.45, 2.75) is 31.1 Å². The lowest BCUT2D eigenvalue weighted by molar-refractivity contribution is -0.119. The number of benzene rings is 2. The number of primary amides is 1. The van der Waals surface area contributed by atoms with Gasteiger partial charge in [-0.1, -0.05) is 54.2 Å². The molecule has 1 atom stereocenters. The van der Waals surface area contributed by atoms with E-state index in [0.717, 1.165) is 15.8 Å². The molecule has 0 aliphatic carbocycles. The van der Waals surface area contributed by atoms with Gasteiger partial charge < -0.3 is 15.6 Å². The number of hydrogen-bond acceptors (Lipinski definition) is 6. The molecule has 4 rings (SSSR count). The van der Waals surface area contributed by atoms with Gasteiger partial charge in [-0.3, -0.25) is 9.59 Å². The Morgan fingerprint density at radius 1 is 1.12 bits per heavy atom. The molecule has 2 aromatic heterocycles. The molecular weight excluding hydrogens is 442 g/mol. The Bertz CT molecular complexity index is 1240. The quantitative estimate of drug-likeness (QED) is 0.364. The van der Waals surface area contributed by atoms with E-state index in [-0.39, 0.29) is 24.1 Å². The SMILES string of the molecule is CC(NC(=O)CSc1nnc(-c2cccs2)n1CCC(N)=O)c1ccc2ccccc2c1. The third-order valence-electron chi connectivity index (χ3n) is 5.02. The van der Waals surface area contributed by atoms with Crippen LogP contribution in [0.3, 0.4) is 0 Å². The maximum Gasteiger partial charge on any atom is 0.230 e. The highest BCUT2D eigenvalue weighted by Crippen LogP contribution is 2.28. The molecule has 2 amide bonds. The average Bonchev–Trinajstić information content (AvgIpc) is 3.45. The van der Waals surface area contributed by atoms with Crippen LogP contribution in [0.15, 0.2) is 65.1 Å². The molecule has 9 heteroatoms. The first-order valence-corrected chi connectivity index (χ1v) is 12.0. The van der Waals surface area contributed by atoms with E-state index in [2.05, 4.69) is 39.8 Å². The highest BCUT2D eigenvalue weighted by molar-refractivity contribution is 7.99. The van der Waals surface area contributed by atoms with E-state index in [1.165, 1.54) is 17.1 Å². The number of carbonyl (C=O) groups excluding carboxylic acids is 2. The minimum absolute atomic E-state index is 0.0993. The molecule has 2 heterocycles. The normalized spacial score (nSPS) is 12.0. The number of fused-ring (bicyclic) bond motifs is 1. The largest absolute Gasteiger partial charge is 0.370 e. The molecule has 0 saturated heterocycles. The second-order valence-corrected chi connectivity index (χ2v) is 9.23. The first-order valence-electron chi connectivity index (χ1n) is 10.2. The number of hydrogen-bond donors (Lipinski definition) is 2. The molecule has 0 fully saturated rings. The van der Waals surface area contributed by atoms with Crippen LogP contribution in [0.2, 0.25) is 0 Å². The summed E-state index contributed by atoms with van der Waals surface area (Å²) in [4.78, 5) is 24.9. The van der Waals surface area contributed by atoms with Gasteiger partial charge in [0.1, 0.15) is 0 Å². The third kappa shape index (κ3) is 5.17. The van der Waals surface area contributed by atoms with Crippen molar-refractivity contribution in [3.63, 3.8) is 0 Å². The van der Waals surface area contributed by atoms with E-state index in [4.69, 9.17) is 5.73 Å². The topological polar surface area (TPSA) is 103 Å². The summed E-state index contributed by atoms with van der Waals surface area (Å²) in [6.45, 7) is 2.34. The molecule has 0 aliphatic heterocycles. The van der Waals surface area contributed by atoms with E-state index < -0.39 is 5.91 Å². The molecule has 2 aromatic carbocycles. The maximum atomic E-state index is 12.6. The molecule has 0 saturated carbocycles. The van der Waals surface area contributed by atoms with Gasteiger partial charge in [-0.05, 0) is 40.8 Å². The number of rotatable bonds is 9. The van der Waals surface area contributed by atoms with Crippen LogP contribution < -0.4 is 11.1 Å². The Balaban J connectivity index is 1.42. The zero-order valence-electron chi connectivity index (χ0n) is 17.5. The second-order valence-electron chi connectivity index (χ2n) is 7.34. The summed E-state index contributed by atoms with van der Waals surface area (Å²) < 4.78 is 1.85. The Labute approximate surface area is 194 Å². The van der Waals surface area contributed by atoms with Gasteiger partial charge in [0.05, 0.1) is 16.7 Å². The zero-order valence-corrected chi connectivity index (χ0v) is 19.2. The van der Waals surface area contributed by atoms with Crippen LogP contribution in [0.25, 0.3) is 21.5 Å². The Morgan fingerprint density at radius 2 is 1.94 bits per heavy atom. The van der Waals surface area contributed by atoms with E-state index in [9.17, 15) is 9.59 Å². The highest BCUT2D eigenvalue weighted by Gasteiger charge is 2.18. The molecule has 0 radical (unpaired) electrons. The van der Waals surface area contributed by atoms with E-state index >= 15 is 0 Å². The standard InChI is InChI=1S/C23H23N5O2S2/c1-15(17-9-8-16-5-2-3-6-18(16)13-17)25-21(30)14-32-23-27-26-22(19-7-4-12-31-19)28(23)11-10-20(24)29/h2-9,12-13,15H,10-11,14H2,1H3,(H2,24,29)(H,25,30). The van der Waals surface area contributed by atoms with Gasteiger partial charge in [0.25, 0.3) is 0 Å². The minimum atomic E-state index is -0.395. The van der Waals surface area contributed by atoms with Gasteiger partial charge in [-0.15, -0.1) is 21.5 Å². The molecule has 164 valence electrons. The molecule has 4 aromatic rings. The van der Waals surface area contributed by atoms with Crippen LogP contribution in [0.1, 0.15) is 24.9 Å². The molecule has 0 spiro atoms. The molecule has 32 heavy (non-hydrogen) atoms. The highest BCUT2D eigenvalue weighted by atomic mass is 32.2. The van der Waals surface area contributed by atoms with E-state index in [1.807, 2.05) is 47.2 Å². The number of nitrogens with one attached hydrogen (secondary N) is 1. The molecule has 0 aliphatic rings. The fraction of sp³-hybridized carbons (Fsp3) is 0.217. The van der Waals surface area contributed by atoms with Gasteiger partial charge in [-0.25, -0.2) is 0 Å². The zero-order chi connectivity index (χ0) is 22.5. The van der Waals surface area contributed by atoms with Crippen LogP contribution in [-0.2, 0) is 16.1 Å². The van der Waals surface area contributed by atoms with Crippen molar-refractivity contribution in [1.29, 1.82) is 0 Å². The van der Waals surface area contributed by atoms with E-state index in [1.54, 1.807) is 11.3 Å². The first kappa shape index (κ1) is 22.0. The number of nitrogens with zero attached hydrogens (tertiary/aromatic N) is 3. The van der Waals surface area contributed by atoms with Gasteiger partial charge in [0.2, 0.25) is 11.8 Å². The molecular formula is C23H23N5O2S2. The van der Waals surface area contributed by atoms with Crippen molar-refractivity contribution in [1.82, 2.24) is 20.1 Å². The summed E-state index contributed by atoms with van der Waals surface area (Å²) in [5, 5.41) is 16.4. The summed E-state index contributed by atoms with van der Waals surface area (Å²) in [6.07, 6.45) is 0.176. The van der Waals surface area contributed by atoms with Crippen LogP contribution in [0.4, 0.5) is 0 Å². The molecule has 0 bridgehead atoms. The lowest BCUT2D eigenvalue weighted by atomic mass is 10.0. The fourth-order valence-electron chi connectivity index (χ4n) is 3.38. The summed E-state index contributed by atoms with van der Waals surface area (Å²) >= 11 is 2.84.